The highest BCUT2D eigenvalue weighted by Gasteiger charge is 2.18. The summed E-state index contributed by atoms with van der Waals surface area (Å²) < 4.78 is 4.63. The number of Topliss-reactive ketones (excluding diaryl/α,β-unsaturated/α-hetero) is 1. The highest BCUT2D eigenvalue weighted by molar-refractivity contribution is 6.11. The molecule has 0 spiro atoms. The van der Waals surface area contributed by atoms with E-state index in [1.807, 2.05) is 0 Å². The predicted molar refractivity (Wildman–Crippen MR) is 59.0 cm³/mol. The summed E-state index contributed by atoms with van der Waals surface area (Å²) >= 11 is 0. The normalized spacial score (nSPS) is 9.71. The summed E-state index contributed by atoms with van der Waals surface area (Å²) in [6.07, 6.45) is -0.446. The van der Waals surface area contributed by atoms with E-state index in [0.29, 0.717) is 0 Å². The number of aromatic carboxylic acids is 1. The van der Waals surface area contributed by atoms with Gasteiger partial charge in [0.15, 0.2) is 5.78 Å². The molecule has 0 atom stereocenters. The fraction of sp³-hybridized carbons (Fsp3) is 0.250. The van der Waals surface area contributed by atoms with Gasteiger partial charge in [-0.15, -0.1) is 0 Å². The van der Waals surface area contributed by atoms with E-state index < -0.39 is 24.1 Å². The molecule has 0 bridgehead atoms. The van der Waals surface area contributed by atoms with Crippen molar-refractivity contribution in [3.05, 3.63) is 35.4 Å². The third kappa shape index (κ3) is 3.41. The van der Waals surface area contributed by atoms with Crippen LogP contribution in [-0.2, 0) is 9.53 Å². The molecular weight excluding hydrogens is 224 g/mol. The Morgan fingerprint density at radius 3 is 2.29 bits per heavy atom. The van der Waals surface area contributed by atoms with Crippen molar-refractivity contribution in [2.75, 3.05) is 6.61 Å². The largest absolute Gasteiger partial charge is 0.478 e. The van der Waals surface area contributed by atoms with E-state index >= 15 is 0 Å². The van der Waals surface area contributed by atoms with E-state index in [0.717, 1.165) is 0 Å². The van der Waals surface area contributed by atoms with Crippen LogP contribution in [0.3, 0.4) is 0 Å². The Bertz CT molecular complexity index is 450. The highest BCUT2D eigenvalue weighted by atomic mass is 16.5. The zero-order valence-electron chi connectivity index (χ0n) is 9.30. The summed E-state index contributed by atoms with van der Waals surface area (Å²) in [6, 6.07) is 5.77. The van der Waals surface area contributed by atoms with Crippen LogP contribution in [0.2, 0.25) is 0 Å². The number of carbonyl (C=O) groups excluding carboxylic acids is 2. The Hall–Kier alpha value is -2.17. The molecule has 0 heterocycles. The Labute approximate surface area is 98.0 Å². The zero-order chi connectivity index (χ0) is 12.8. The molecule has 0 unspecified atom stereocenters. The minimum atomic E-state index is -1.20. The van der Waals surface area contributed by atoms with Crippen molar-refractivity contribution in [2.45, 2.75) is 13.3 Å². The summed E-state index contributed by atoms with van der Waals surface area (Å²) in [7, 11) is 0. The SMILES string of the molecule is CCOC(=O)CC(=O)c1ccccc1C(=O)O. The molecule has 0 aliphatic carbocycles. The van der Waals surface area contributed by atoms with Crippen LogP contribution in [-0.4, -0.2) is 29.4 Å². The Balaban J connectivity index is 2.89. The average molecular weight is 236 g/mol. The Morgan fingerprint density at radius 1 is 1.18 bits per heavy atom. The lowest BCUT2D eigenvalue weighted by molar-refractivity contribution is -0.141. The smallest absolute Gasteiger partial charge is 0.336 e. The number of ketones is 1. The third-order valence-corrected chi connectivity index (χ3v) is 2.07. The summed E-state index contributed by atoms with van der Waals surface area (Å²) in [5.41, 5.74) is -0.0881. The standard InChI is InChI=1S/C12H12O5/c1-2-17-11(14)7-10(13)8-5-3-4-6-9(8)12(15)16/h3-6H,2,7H2,1H3,(H,15,16). The van der Waals surface area contributed by atoms with Crippen molar-refractivity contribution in [1.29, 1.82) is 0 Å². The van der Waals surface area contributed by atoms with Crippen LogP contribution < -0.4 is 0 Å². The predicted octanol–water partition coefficient (Wildman–Crippen LogP) is 1.52. The van der Waals surface area contributed by atoms with Gasteiger partial charge in [-0.2, -0.15) is 0 Å². The maximum Gasteiger partial charge on any atom is 0.336 e. The van der Waals surface area contributed by atoms with Gasteiger partial charge in [0, 0.05) is 5.56 Å². The van der Waals surface area contributed by atoms with Gasteiger partial charge in [0.05, 0.1) is 12.2 Å². The molecule has 5 nitrogen and oxygen atoms in total. The first kappa shape index (κ1) is 12.9. The number of carboxylic acid groups (broad SMARTS) is 1. The molecule has 0 amide bonds. The maximum absolute atomic E-state index is 11.7. The van der Waals surface area contributed by atoms with Crippen LogP contribution in [0.4, 0.5) is 0 Å². The monoisotopic (exact) mass is 236 g/mol. The summed E-state index contributed by atoms with van der Waals surface area (Å²) in [5.74, 6) is -2.41. The topological polar surface area (TPSA) is 80.7 Å². The quantitative estimate of drug-likeness (QED) is 0.476. The first-order chi connectivity index (χ1) is 8.06. The summed E-state index contributed by atoms with van der Waals surface area (Å²) in [4.78, 5) is 33.7. The van der Waals surface area contributed by atoms with Crippen LogP contribution in [0, 0.1) is 0 Å². The van der Waals surface area contributed by atoms with Gasteiger partial charge in [0.25, 0.3) is 0 Å². The molecule has 1 aromatic rings. The van der Waals surface area contributed by atoms with Crippen molar-refractivity contribution in [1.82, 2.24) is 0 Å². The molecule has 0 fully saturated rings. The molecular formula is C12H12O5. The number of hydrogen-bond acceptors (Lipinski definition) is 4. The van der Waals surface area contributed by atoms with Gasteiger partial charge in [-0.05, 0) is 13.0 Å². The van der Waals surface area contributed by atoms with E-state index in [4.69, 9.17) is 5.11 Å². The van der Waals surface area contributed by atoms with E-state index in [9.17, 15) is 14.4 Å². The van der Waals surface area contributed by atoms with E-state index in [1.165, 1.54) is 18.2 Å². The second kappa shape index (κ2) is 5.79. The van der Waals surface area contributed by atoms with Crippen molar-refractivity contribution in [3.8, 4) is 0 Å². The van der Waals surface area contributed by atoms with Gasteiger partial charge in [-0.25, -0.2) is 4.79 Å². The minimum absolute atomic E-state index is 0.0213. The number of carboxylic acids is 1. The Kier molecular flexibility index (Phi) is 4.39. The van der Waals surface area contributed by atoms with Gasteiger partial charge in [0.1, 0.15) is 6.42 Å². The van der Waals surface area contributed by atoms with E-state index in [1.54, 1.807) is 13.0 Å². The number of ether oxygens (including phenoxy) is 1. The minimum Gasteiger partial charge on any atom is -0.478 e. The number of esters is 1. The first-order valence-corrected chi connectivity index (χ1v) is 5.07. The molecule has 0 aliphatic rings. The molecule has 0 saturated carbocycles. The van der Waals surface area contributed by atoms with Crippen LogP contribution in [0.15, 0.2) is 24.3 Å². The van der Waals surface area contributed by atoms with E-state index in [2.05, 4.69) is 4.74 Å². The van der Waals surface area contributed by atoms with Crippen LogP contribution in [0.25, 0.3) is 0 Å². The molecule has 17 heavy (non-hydrogen) atoms. The van der Waals surface area contributed by atoms with Crippen molar-refractivity contribution in [2.24, 2.45) is 0 Å². The molecule has 1 aromatic carbocycles. The fourth-order valence-electron chi connectivity index (χ4n) is 1.35. The molecule has 0 aliphatic heterocycles. The second-order valence-corrected chi connectivity index (χ2v) is 3.26. The Morgan fingerprint density at radius 2 is 1.76 bits per heavy atom. The molecule has 0 radical (unpaired) electrons. The lowest BCUT2D eigenvalue weighted by atomic mass is 10.0. The van der Waals surface area contributed by atoms with Crippen LogP contribution >= 0.6 is 0 Å². The highest BCUT2D eigenvalue weighted by Crippen LogP contribution is 2.11. The van der Waals surface area contributed by atoms with Gasteiger partial charge >= 0.3 is 11.9 Å². The number of rotatable bonds is 5. The van der Waals surface area contributed by atoms with Gasteiger partial charge in [0.2, 0.25) is 0 Å². The lowest BCUT2D eigenvalue weighted by Crippen LogP contribution is -2.14. The van der Waals surface area contributed by atoms with Crippen molar-refractivity contribution in [3.63, 3.8) is 0 Å². The number of benzene rings is 1. The molecule has 0 aromatic heterocycles. The lowest BCUT2D eigenvalue weighted by Gasteiger charge is -2.04. The third-order valence-electron chi connectivity index (χ3n) is 2.07. The maximum atomic E-state index is 11.7. The average Bonchev–Trinajstić information content (AvgIpc) is 2.29. The molecule has 1 rings (SSSR count). The fourth-order valence-corrected chi connectivity index (χ4v) is 1.35. The van der Waals surface area contributed by atoms with Crippen molar-refractivity contribution >= 4 is 17.7 Å². The zero-order valence-corrected chi connectivity index (χ0v) is 9.30. The summed E-state index contributed by atoms with van der Waals surface area (Å²) in [5, 5.41) is 8.88. The van der Waals surface area contributed by atoms with Gasteiger partial charge in [-0.3, -0.25) is 9.59 Å². The molecule has 90 valence electrons. The van der Waals surface area contributed by atoms with Crippen LogP contribution in [0.1, 0.15) is 34.1 Å². The van der Waals surface area contributed by atoms with Gasteiger partial charge in [-0.1, -0.05) is 18.2 Å². The summed E-state index contributed by atoms with van der Waals surface area (Å²) in [6.45, 7) is 1.82. The van der Waals surface area contributed by atoms with Gasteiger partial charge < -0.3 is 9.84 Å². The van der Waals surface area contributed by atoms with Crippen molar-refractivity contribution < 1.29 is 24.2 Å². The molecule has 1 N–H and O–H groups in total. The number of hydrogen-bond donors (Lipinski definition) is 1. The van der Waals surface area contributed by atoms with Crippen LogP contribution in [0.5, 0.6) is 0 Å². The first-order valence-electron chi connectivity index (χ1n) is 5.07. The number of carbonyl (C=O) groups is 3. The second-order valence-electron chi connectivity index (χ2n) is 3.26. The van der Waals surface area contributed by atoms with E-state index in [-0.39, 0.29) is 17.7 Å². The molecule has 5 heteroatoms. The molecule has 0 saturated heterocycles.